The molecule has 0 saturated heterocycles. The van der Waals surface area contributed by atoms with E-state index in [1.54, 1.807) is 11.3 Å². The van der Waals surface area contributed by atoms with Crippen molar-refractivity contribution in [2.75, 3.05) is 0 Å². The Hall–Kier alpha value is -4.73. The lowest BCUT2D eigenvalue weighted by atomic mass is 9.97. The number of allylic oxidation sites excluding steroid dienone is 1. The molecule has 0 amide bonds. The standard InChI is InChI=1S/C36H25NOS/c1-3-32-28(19-23(2)24-13-7-4-8-14-24)29-20-27(25-15-9-5-10-16-25)21-30-31-22-33(26-17-11-6-12-18-26)39-35(31)36(38)37(32)34(29)30/h3-22H,1H2,2H3/b23-19+. The molecule has 2 nitrogen and oxygen atoms in total. The van der Waals surface area contributed by atoms with Gasteiger partial charge in [-0.25, -0.2) is 0 Å². The van der Waals surface area contributed by atoms with Crippen LogP contribution >= 0.6 is 11.3 Å². The molecule has 39 heavy (non-hydrogen) atoms. The normalized spacial score (nSPS) is 12.1. The molecule has 3 heterocycles. The van der Waals surface area contributed by atoms with E-state index >= 15 is 0 Å². The summed E-state index contributed by atoms with van der Waals surface area (Å²) in [5.74, 6) is 0. The van der Waals surface area contributed by atoms with Crippen molar-refractivity contribution in [1.82, 2.24) is 4.40 Å². The van der Waals surface area contributed by atoms with Crippen molar-refractivity contribution < 1.29 is 0 Å². The summed E-state index contributed by atoms with van der Waals surface area (Å²) in [6.07, 6.45) is 4.02. The second kappa shape index (κ2) is 9.23. The van der Waals surface area contributed by atoms with Crippen LogP contribution in [-0.4, -0.2) is 4.40 Å². The predicted octanol–water partition coefficient (Wildman–Crippen LogP) is 9.64. The van der Waals surface area contributed by atoms with Crippen LogP contribution in [0.25, 0.3) is 65.7 Å². The smallest absolute Gasteiger partial charge is 0.273 e. The molecule has 0 aliphatic heterocycles. The van der Waals surface area contributed by atoms with Gasteiger partial charge in [0.15, 0.2) is 0 Å². The summed E-state index contributed by atoms with van der Waals surface area (Å²) >= 11 is 1.57. The van der Waals surface area contributed by atoms with E-state index in [9.17, 15) is 4.79 Å². The van der Waals surface area contributed by atoms with Crippen LogP contribution in [0.1, 0.15) is 23.7 Å². The lowest BCUT2D eigenvalue weighted by Crippen LogP contribution is -2.13. The zero-order valence-electron chi connectivity index (χ0n) is 21.5. The van der Waals surface area contributed by atoms with E-state index in [1.165, 1.54) is 0 Å². The van der Waals surface area contributed by atoms with Gasteiger partial charge >= 0.3 is 0 Å². The van der Waals surface area contributed by atoms with E-state index in [0.717, 1.165) is 70.3 Å². The molecule has 0 aliphatic rings. The fourth-order valence-corrected chi connectivity index (χ4v) is 6.73. The number of nitrogens with zero attached hydrogens (tertiary/aromatic N) is 1. The van der Waals surface area contributed by atoms with Crippen molar-refractivity contribution in [2.24, 2.45) is 0 Å². The van der Waals surface area contributed by atoms with E-state index in [-0.39, 0.29) is 5.56 Å². The van der Waals surface area contributed by atoms with E-state index in [4.69, 9.17) is 0 Å². The number of aromatic nitrogens is 1. The summed E-state index contributed by atoms with van der Waals surface area (Å²) < 4.78 is 2.64. The first-order valence-electron chi connectivity index (χ1n) is 13.0. The Labute approximate surface area is 230 Å². The third-order valence-corrected chi connectivity index (χ3v) is 8.68. The van der Waals surface area contributed by atoms with Gasteiger partial charge in [-0.15, -0.1) is 11.3 Å². The average molecular weight is 520 g/mol. The molecule has 4 aromatic carbocycles. The zero-order chi connectivity index (χ0) is 26.5. The zero-order valence-corrected chi connectivity index (χ0v) is 22.3. The molecule has 0 atom stereocenters. The number of fused-ring (bicyclic) bond motifs is 2. The molecule has 186 valence electrons. The van der Waals surface area contributed by atoms with Crippen molar-refractivity contribution in [2.45, 2.75) is 6.92 Å². The van der Waals surface area contributed by atoms with E-state index < -0.39 is 0 Å². The van der Waals surface area contributed by atoms with Crippen molar-refractivity contribution in [3.8, 4) is 21.6 Å². The second-order valence-electron chi connectivity index (χ2n) is 9.84. The summed E-state index contributed by atoms with van der Waals surface area (Å²) in [6.45, 7) is 6.28. The summed E-state index contributed by atoms with van der Waals surface area (Å²) in [4.78, 5) is 15.2. The van der Waals surface area contributed by atoms with Crippen LogP contribution in [0.4, 0.5) is 0 Å². The minimum atomic E-state index is 0.00839. The fourth-order valence-electron chi connectivity index (χ4n) is 5.62. The van der Waals surface area contributed by atoms with Crippen molar-refractivity contribution >= 4 is 55.4 Å². The molecule has 0 bridgehead atoms. The summed E-state index contributed by atoms with van der Waals surface area (Å²) in [5, 5.41) is 3.14. The van der Waals surface area contributed by atoms with E-state index in [1.807, 2.05) is 40.8 Å². The molecule has 0 N–H and O–H groups in total. The Morgan fingerprint density at radius 3 is 2.03 bits per heavy atom. The van der Waals surface area contributed by atoms with Gasteiger partial charge in [0.05, 0.1) is 11.2 Å². The number of thiophene rings is 1. The number of rotatable bonds is 5. The van der Waals surface area contributed by atoms with E-state index in [2.05, 4.69) is 98.4 Å². The molecule has 7 rings (SSSR count). The van der Waals surface area contributed by atoms with Gasteiger partial charge in [0.25, 0.3) is 5.56 Å². The Morgan fingerprint density at radius 2 is 1.36 bits per heavy atom. The van der Waals surface area contributed by atoms with Crippen LogP contribution in [0.5, 0.6) is 0 Å². The third kappa shape index (κ3) is 3.74. The molecule has 7 aromatic rings. The Balaban J connectivity index is 1.63. The maximum atomic E-state index is 14.1. The van der Waals surface area contributed by atoms with E-state index in [0.29, 0.717) is 0 Å². The predicted molar refractivity (Wildman–Crippen MR) is 169 cm³/mol. The molecule has 0 spiro atoms. The van der Waals surface area contributed by atoms with Gasteiger partial charge in [-0.1, -0.05) is 97.6 Å². The fraction of sp³-hybridized carbons (Fsp3) is 0.0278. The number of hydrogen-bond donors (Lipinski definition) is 0. The summed E-state index contributed by atoms with van der Waals surface area (Å²) in [6, 6.07) is 37.8. The highest BCUT2D eigenvalue weighted by Gasteiger charge is 2.22. The van der Waals surface area contributed by atoms with Gasteiger partial charge in [-0.2, -0.15) is 0 Å². The van der Waals surface area contributed by atoms with Gasteiger partial charge in [-0.3, -0.25) is 9.20 Å². The highest BCUT2D eigenvalue weighted by molar-refractivity contribution is 7.22. The molecule has 0 radical (unpaired) electrons. The first kappa shape index (κ1) is 23.4. The Bertz CT molecular complexity index is 2080. The average Bonchev–Trinajstić information content (AvgIpc) is 3.58. The minimum Gasteiger partial charge on any atom is -0.274 e. The van der Waals surface area contributed by atoms with Gasteiger partial charge in [0.1, 0.15) is 4.70 Å². The van der Waals surface area contributed by atoms with Crippen molar-refractivity contribution in [3.05, 3.63) is 143 Å². The summed E-state index contributed by atoms with van der Waals surface area (Å²) in [7, 11) is 0. The van der Waals surface area contributed by atoms with Crippen LogP contribution in [0.3, 0.4) is 0 Å². The molecule has 0 unspecified atom stereocenters. The Kier molecular flexibility index (Phi) is 5.54. The van der Waals surface area contributed by atoms with Crippen LogP contribution < -0.4 is 5.56 Å². The van der Waals surface area contributed by atoms with Crippen LogP contribution in [0.15, 0.2) is 121 Å². The number of pyridine rings is 1. The van der Waals surface area contributed by atoms with Crippen molar-refractivity contribution in [1.29, 1.82) is 0 Å². The first-order valence-corrected chi connectivity index (χ1v) is 13.8. The highest BCUT2D eigenvalue weighted by Crippen LogP contribution is 2.42. The quantitative estimate of drug-likeness (QED) is 0.222. The molecule has 0 saturated carbocycles. The van der Waals surface area contributed by atoms with Crippen LogP contribution in [0, 0.1) is 0 Å². The second-order valence-corrected chi connectivity index (χ2v) is 10.9. The SMILES string of the molecule is C=Cc1c(/C=C(\C)c2ccccc2)c2cc(-c3ccccc3)cc3c4cc(-c5ccccc5)sc4c(=O)n1c23. The lowest BCUT2D eigenvalue weighted by Gasteiger charge is -2.08. The first-order chi connectivity index (χ1) is 19.1. The lowest BCUT2D eigenvalue weighted by molar-refractivity contribution is 1.14. The van der Waals surface area contributed by atoms with Gasteiger partial charge in [0.2, 0.25) is 0 Å². The van der Waals surface area contributed by atoms with Crippen LogP contribution in [-0.2, 0) is 0 Å². The van der Waals surface area contributed by atoms with Crippen molar-refractivity contribution in [3.63, 3.8) is 0 Å². The summed E-state index contributed by atoms with van der Waals surface area (Å²) in [5.41, 5.74) is 8.50. The third-order valence-electron chi connectivity index (χ3n) is 7.51. The monoisotopic (exact) mass is 519 g/mol. The Morgan fingerprint density at radius 1 is 0.744 bits per heavy atom. The largest absolute Gasteiger partial charge is 0.274 e. The number of hydrogen-bond acceptors (Lipinski definition) is 2. The molecule has 0 fully saturated rings. The highest BCUT2D eigenvalue weighted by atomic mass is 32.1. The molecule has 0 aliphatic carbocycles. The maximum Gasteiger partial charge on any atom is 0.273 e. The van der Waals surface area contributed by atoms with Gasteiger partial charge in [0, 0.05) is 26.6 Å². The van der Waals surface area contributed by atoms with Gasteiger partial charge in [-0.05, 0) is 65.1 Å². The maximum absolute atomic E-state index is 14.1. The molecular formula is C36H25NOS. The van der Waals surface area contributed by atoms with Gasteiger partial charge < -0.3 is 0 Å². The molecular weight excluding hydrogens is 494 g/mol. The van der Waals surface area contributed by atoms with Crippen LogP contribution in [0.2, 0.25) is 0 Å². The molecule has 3 aromatic heterocycles. The number of benzene rings is 4. The minimum absolute atomic E-state index is 0.00839. The topological polar surface area (TPSA) is 21.5 Å². The molecule has 3 heteroatoms.